The molecule has 1 aromatic carbocycles. The number of carboxylic acid groups (broad SMARTS) is 1. The summed E-state index contributed by atoms with van der Waals surface area (Å²) in [4.78, 5) is 36.2. The number of rotatable bonds is 9. The summed E-state index contributed by atoms with van der Waals surface area (Å²) in [6.45, 7) is 0. The summed E-state index contributed by atoms with van der Waals surface area (Å²) in [5.74, 6) is -2.27. The first-order valence-electron chi connectivity index (χ1n) is 8.23. The van der Waals surface area contributed by atoms with Gasteiger partial charge in [0, 0.05) is 5.02 Å². The van der Waals surface area contributed by atoms with Gasteiger partial charge in [-0.2, -0.15) is 11.8 Å². The highest BCUT2D eigenvalue weighted by Gasteiger charge is 2.20. The molecule has 2 N–H and O–H groups in total. The summed E-state index contributed by atoms with van der Waals surface area (Å²) in [6.07, 6.45) is 4.75. The zero-order chi connectivity index (χ0) is 20.5. The Bertz CT molecular complexity index is 850. The van der Waals surface area contributed by atoms with Crippen LogP contribution in [0.1, 0.15) is 22.5 Å². The van der Waals surface area contributed by atoms with Gasteiger partial charge in [0.1, 0.15) is 5.70 Å². The van der Waals surface area contributed by atoms with Gasteiger partial charge < -0.3 is 25.0 Å². The zero-order valence-corrected chi connectivity index (χ0v) is 16.5. The van der Waals surface area contributed by atoms with E-state index in [9.17, 15) is 19.5 Å². The van der Waals surface area contributed by atoms with Crippen LogP contribution in [0.2, 0.25) is 5.02 Å². The smallest absolute Gasteiger partial charge is 0.291 e. The molecule has 0 saturated heterocycles. The number of carboxylic acids is 1. The van der Waals surface area contributed by atoms with E-state index in [-0.39, 0.29) is 17.9 Å². The van der Waals surface area contributed by atoms with Crippen molar-refractivity contribution in [2.75, 3.05) is 12.0 Å². The second-order valence-electron chi connectivity index (χ2n) is 5.67. The van der Waals surface area contributed by atoms with Crippen molar-refractivity contribution in [2.24, 2.45) is 0 Å². The number of aliphatic carboxylic acids is 1. The molecule has 0 fully saturated rings. The number of carbonyl (C=O) groups excluding carboxylic acids is 3. The third-order valence-corrected chi connectivity index (χ3v) is 4.52. The van der Waals surface area contributed by atoms with Crippen LogP contribution in [-0.4, -0.2) is 35.8 Å². The quantitative estimate of drug-likeness (QED) is 0.596. The molecule has 0 aliphatic rings. The highest BCUT2D eigenvalue weighted by Crippen LogP contribution is 2.13. The highest BCUT2D eigenvalue weighted by atomic mass is 35.5. The van der Waals surface area contributed by atoms with Crippen LogP contribution in [0.4, 0.5) is 0 Å². The normalized spacial score (nSPS) is 12.3. The summed E-state index contributed by atoms with van der Waals surface area (Å²) in [7, 11) is 0. The molecule has 0 radical (unpaired) electrons. The molecular formula is C19H18ClN2O5S-. The monoisotopic (exact) mass is 421 g/mol. The van der Waals surface area contributed by atoms with E-state index in [4.69, 9.17) is 16.0 Å². The first-order valence-corrected chi connectivity index (χ1v) is 10.0. The van der Waals surface area contributed by atoms with Crippen molar-refractivity contribution in [2.45, 2.75) is 12.5 Å². The maximum Gasteiger partial charge on any atom is 0.291 e. The fourth-order valence-electron chi connectivity index (χ4n) is 2.20. The van der Waals surface area contributed by atoms with E-state index in [1.165, 1.54) is 36.2 Å². The molecule has 0 unspecified atom stereocenters. The Morgan fingerprint density at radius 1 is 1.25 bits per heavy atom. The predicted molar refractivity (Wildman–Crippen MR) is 106 cm³/mol. The number of halogens is 1. The van der Waals surface area contributed by atoms with Crippen LogP contribution in [0.3, 0.4) is 0 Å². The Kier molecular flexibility index (Phi) is 8.16. The third-order valence-electron chi connectivity index (χ3n) is 3.62. The standard InChI is InChI=1S/C19H19ClN2O5S/c1-28-10-8-14(19(25)26)21-17(23)15(11-12-4-6-13(20)7-5-12)22-18(24)16-3-2-9-27-16/h2-7,9,11,14H,8,10H2,1H3,(H,21,23)(H,22,24)(H,25,26)/p-1/b15-11-/t14-/m1/s1. The van der Waals surface area contributed by atoms with Crippen molar-refractivity contribution in [3.05, 3.63) is 64.7 Å². The van der Waals surface area contributed by atoms with Gasteiger partial charge in [-0.25, -0.2) is 0 Å². The summed E-state index contributed by atoms with van der Waals surface area (Å²) < 4.78 is 5.02. The second kappa shape index (κ2) is 10.6. The maximum atomic E-state index is 12.6. The number of carbonyl (C=O) groups is 3. The number of furan rings is 1. The van der Waals surface area contributed by atoms with E-state index >= 15 is 0 Å². The largest absolute Gasteiger partial charge is 0.548 e. The Balaban J connectivity index is 2.25. The van der Waals surface area contributed by atoms with Gasteiger partial charge in [-0.05, 0) is 54.3 Å². The van der Waals surface area contributed by atoms with E-state index in [0.717, 1.165) is 0 Å². The van der Waals surface area contributed by atoms with Crippen molar-refractivity contribution in [3.8, 4) is 0 Å². The lowest BCUT2D eigenvalue weighted by Gasteiger charge is -2.20. The lowest BCUT2D eigenvalue weighted by Crippen LogP contribution is -2.50. The van der Waals surface area contributed by atoms with Crippen molar-refractivity contribution in [1.82, 2.24) is 10.6 Å². The molecule has 1 atom stereocenters. The van der Waals surface area contributed by atoms with E-state index in [1.807, 2.05) is 6.26 Å². The van der Waals surface area contributed by atoms with Gasteiger partial charge in [0.25, 0.3) is 11.8 Å². The molecule has 0 aliphatic heterocycles. The fourth-order valence-corrected chi connectivity index (χ4v) is 2.79. The summed E-state index contributed by atoms with van der Waals surface area (Å²) >= 11 is 7.30. The molecule has 2 amide bonds. The molecule has 2 rings (SSSR count). The topological polar surface area (TPSA) is 111 Å². The molecule has 28 heavy (non-hydrogen) atoms. The molecule has 2 aromatic rings. The number of nitrogens with one attached hydrogen (secondary N) is 2. The first kappa shape index (κ1) is 21.6. The van der Waals surface area contributed by atoms with E-state index in [1.54, 1.807) is 24.3 Å². The van der Waals surface area contributed by atoms with E-state index in [2.05, 4.69) is 10.6 Å². The Labute approximate surface area is 171 Å². The van der Waals surface area contributed by atoms with Gasteiger partial charge in [0.05, 0.1) is 18.3 Å². The van der Waals surface area contributed by atoms with Crippen molar-refractivity contribution in [3.63, 3.8) is 0 Å². The lowest BCUT2D eigenvalue weighted by atomic mass is 10.1. The average molecular weight is 422 g/mol. The molecule has 1 heterocycles. The SMILES string of the molecule is CSCC[C@@H](NC(=O)/C(=C/c1ccc(Cl)cc1)NC(=O)c1ccco1)C(=O)[O-]. The van der Waals surface area contributed by atoms with Crippen LogP contribution in [0.15, 0.2) is 52.8 Å². The molecule has 9 heteroatoms. The average Bonchev–Trinajstić information content (AvgIpc) is 3.20. The number of thioether (sulfide) groups is 1. The fraction of sp³-hybridized carbons (Fsp3) is 0.211. The van der Waals surface area contributed by atoms with Crippen LogP contribution < -0.4 is 15.7 Å². The van der Waals surface area contributed by atoms with Crippen LogP contribution in [-0.2, 0) is 9.59 Å². The summed E-state index contributed by atoms with van der Waals surface area (Å²) in [5, 5.41) is 16.6. The minimum absolute atomic E-state index is 0.00800. The molecule has 0 aliphatic carbocycles. The molecular weight excluding hydrogens is 404 g/mol. The van der Waals surface area contributed by atoms with Gasteiger partial charge in [0.15, 0.2) is 5.76 Å². The maximum absolute atomic E-state index is 12.6. The Morgan fingerprint density at radius 2 is 1.96 bits per heavy atom. The van der Waals surface area contributed by atoms with Crippen LogP contribution in [0.25, 0.3) is 6.08 Å². The molecule has 0 bridgehead atoms. The van der Waals surface area contributed by atoms with Crippen LogP contribution >= 0.6 is 23.4 Å². The number of hydrogen-bond acceptors (Lipinski definition) is 6. The Hall–Kier alpha value is -2.71. The van der Waals surface area contributed by atoms with Gasteiger partial charge >= 0.3 is 0 Å². The molecule has 0 spiro atoms. The minimum Gasteiger partial charge on any atom is -0.548 e. The van der Waals surface area contributed by atoms with Gasteiger partial charge in [0.2, 0.25) is 0 Å². The van der Waals surface area contributed by atoms with E-state index < -0.39 is 23.8 Å². The first-order chi connectivity index (χ1) is 13.4. The van der Waals surface area contributed by atoms with Gasteiger partial charge in [-0.15, -0.1) is 0 Å². The minimum atomic E-state index is -1.40. The molecule has 1 aromatic heterocycles. The summed E-state index contributed by atoms with van der Waals surface area (Å²) in [6, 6.07) is 8.34. The van der Waals surface area contributed by atoms with Crippen LogP contribution in [0, 0.1) is 0 Å². The number of benzene rings is 1. The molecule has 7 nitrogen and oxygen atoms in total. The van der Waals surface area contributed by atoms with Crippen molar-refractivity contribution < 1.29 is 23.9 Å². The summed E-state index contributed by atoms with van der Waals surface area (Å²) in [5.41, 5.74) is 0.447. The third kappa shape index (κ3) is 6.47. The van der Waals surface area contributed by atoms with Gasteiger partial charge in [-0.1, -0.05) is 23.7 Å². The van der Waals surface area contributed by atoms with Crippen molar-refractivity contribution >= 4 is 47.2 Å². The lowest BCUT2D eigenvalue weighted by molar-refractivity contribution is -0.308. The van der Waals surface area contributed by atoms with Gasteiger partial charge in [-0.3, -0.25) is 9.59 Å². The second-order valence-corrected chi connectivity index (χ2v) is 7.09. The van der Waals surface area contributed by atoms with E-state index in [0.29, 0.717) is 16.3 Å². The number of hydrogen-bond donors (Lipinski definition) is 2. The predicted octanol–water partition coefficient (Wildman–Crippen LogP) is 1.69. The van der Waals surface area contributed by atoms with Crippen LogP contribution in [0.5, 0.6) is 0 Å². The zero-order valence-electron chi connectivity index (χ0n) is 14.9. The highest BCUT2D eigenvalue weighted by molar-refractivity contribution is 7.98. The Morgan fingerprint density at radius 3 is 2.54 bits per heavy atom. The number of amides is 2. The van der Waals surface area contributed by atoms with Crippen molar-refractivity contribution in [1.29, 1.82) is 0 Å². The molecule has 148 valence electrons. The molecule has 0 saturated carbocycles.